The van der Waals surface area contributed by atoms with Gasteiger partial charge in [-0.05, 0) is 93.5 Å². The number of rotatable bonds is 0. The van der Waals surface area contributed by atoms with Crippen molar-refractivity contribution in [2.75, 3.05) is 6.54 Å². The Kier molecular flexibility index (Phi) is 4.89. The maximum atomic E-state index is 12.1. The van der Waals surface area contributed by atoms with Gasteiger partial charge in [0.15, 0.2) is 5.78 Å². The van der Waals surface area contributed by atoms with Gasteiger partial charge < -0.3 is 9.94 Å². The van der Waals surface area contributed by atoms with Gasteiger partial charge in [0.2, 0.25) is 0 Å². The maximum Gasteiger partial charge on any atom is 0.155 e. The number of ether oxygens (including phenoxy) is 1. The molecule has 4 aliphatic carbocycles. The van der Waals surface area contributed by atoms with Crippen molar-refractivity contribution in [1.82, 2.24) is 5.06 Å². The summed E-state index contributed by atoms with van der Waals surface area (Å²) >= 11 is 0. The fraction of sp³-hybridized carbons (Fsp3) is 0.821. The first-order valence-electron chi connectivity index (χ1n) is 13.3. The van der Waals surface area contributed by atoms with E-state index in [1.807, 2.05) is 6.08 Å². The molecule has 2 aliphatic heterocycles. The van der Waals surface area contributed by atoms with Crippen LogP contribution in [0.25, 0.3) is 0 Å². The number of hydrogen-bond donors (Lipinski definition) is 1. The Morgan fingerprint density at radius 2 is 2.00 bits per heavy atom. The van der Waals surface area contributed by atoms with Crippen molar-refractivity contribution in [1.29, 1.82) is 0 Å². The van der Waals surface area contributed by atoms with Gasteiger partial charge in [-0.25, -0.2) is 0 Å². The molecule has 2 saturated carbocycles. The number of hydroxylamine groups is 2. The summed E-state index contributed by atoms with van der Waals surface area (Å²) in [7, 11) is 0. The Labute approximate surface area is 193 Å². The highest BCUT2D eigenvalue weighted by Crippen LogP contribution is 2.64. The third-order valence-electron chi connectivity index (χ3n) is 11.0. The Hall–Kier alpha value is -0.970. The zero-order valence-corrected chi connectivity index (χ0v) is 20.4. The van der Waals surface area contributed by atoms with Crippen LogP contribution in [0.1, 0.15) is 85.5 Å². The van der Waals surface area contributed by atoms with Gasteiger partial charge in [0.05, 0.1) is 17.7 Å². The zero-order chi connectivity index (χ0) is 22.4. The van der Waals surface area contributed by atoms with Crippen LogP contribution in [-0.2, 0) is 9.53 Å². The highest BCUT2D eigenvalue weighted by molar-refractivity contribution is 5.91. The van der Waals surface area contributed by atoms with Crippen molar-refractivity contribution in [3.05, 3.63) is 22.8 Å². The monoisotopic (exact) mass is 439 g/mol. The molecule has 9 atom stereocenters. The largest absolute Gasteiger partial charge is 0.369 e. The molecule has 1 N–H and O–H groups in total. The van der Waals surface area contributed by atoms with Crippen LogP contribution in [-0.4, -0.2) is 40.3 Å². The second-order valence-corrected chi connectivity index (χ2v) is 12.7. The molecule has 1 spiro atoms. The van der Waals surface area contributed by atoms with Crippen LogP contribution in [0.15, 0.2) is 22.8 Å². The molecule has 4 heteroatoms. The van der Waals surface area contributed by atoms with E-state index in [4.69, 9.17) is 4.74 Å². The minimum Gasteiger partial charge on any atom is -0.369 e. The Balaban J connectivity index is 1.30. The van der Waals surface area contributed by atoms with Gasteiger partial charge in [0.1, 0.15) is 0 Å². The summed E-state index contributed by atoms with van der Waals surface area (Å²) in [4.78, 5) is 12.1. The molecule has 0 radical (unpaired) electrons. The number of piperidine rings is 1. The summed E-state index contributed by atoms with van der Waals surface area (Å²) in [5, 5.41) is 12.4. The van der Waals surface area contributed by atoms with Crippen molar-refractivity contribution in [2.24, 2.45) is 35.0 Å². The first-order valence-corrected chi connectivity index (χ1v) is 13.3. The molecule has 0 aromatic carbocycles. The van der Waals surface area contributed by atoms with Crippen LogP contribution in [0.2, 0.25) is 0 Å². The SMILES string of the molecule is CC1=C2C[C@H]3[C@@H](CCC4=CC(=O)CC[C@@]43C)[C@@H]2CCC2(C1)O[C@@H]1C[C@H](C)CN(O)[C@H]1[C@H]2C. The molecule has 1 unspecified atom stereocenters. The number of fused-ring (bicyclic) bond motifs is 6. The predicted octanol–water partition coefficient (Wildman–Crippen LogP) is 5.70. The van der Waals surface area contributed by atoms with Crippen molar-refractivity contribution in [2.45, 2.75) is 103 Å². The van der Waals surface area contributed by atoms with Crippen LogP contribution < -0.4 is 0 Å². The average molecular weight is 440 g/mol. The van der Waals surface area contributed by atoms with Gasteiger partial charge in [-0.3, -0.25) is 4.79 Å². The fourth-order valence-corrected chi connectivity index (χ4v) is 9.34. The van der Waals surface area contributed by atoms with E-state index in [9.17, 15) is 10.0 Å². The quantitative estimate of drug-likeness (QED) is 0.492. The van der Waals surface area contributed by atoms with E-state index in [0.717, 1.165) is 51.0 Å². The molecule has 0 bridgehead atoms. The number of hydrogen-bond acceptors (Lipinski definition) is 4. The van der Waals surface area contributed by atoms with Gasteiger partial charge in [-0.15, -0.1) is 0 Å². The molecular weight excluding hydrogens is 398 g/mol. The third kappa shape index (κ3) is 2.94. The van der Waals surface area contributed by atoms with E-state index in [-0.39, 0.29) is 23.2 Å². The van der Waals surface area contributed by atoms with Gasteiger partial charge >= 0.3 is 0 Å². The lowest BCUT2D eigenvalue weighted by Crippen LogP contribution is -2.50. The smallest absolute Gasteiger partial charge is 0.155 e. The normalized spacial score (nSPS) is 51.1. The summed E-state index contributed by atoms with van der Waals surface area (Å²) in [5.74, 6) is 3.36. The highest BCUT2D eigenvalue weighted by Gasteiger charge is 2.59. The number of carbonyl (C=O) groups excluding carboxylic acids is 1. The number of allylic oxidation sites excluding steroid dienone is 3. The molecule has 32 heavy (non-hydrogen) atoms. The van der Waals surface area contributed by atoms with Gasteiger partial charge in [0, 0.05) is 18.9 Å². The summed E-state index contributed by atoms with van der Waals surface area (Å²) in [6.07, 6.45) is 12.0. The third-order valence-corrected chi connectivity index (χ3v) is 11.0. The summed E-state index contributed by atoms with van der Waals surface area (Å²) in [6.45, 7) is 10.2. The molecule has 2 heterocycles. The first kappa shape index (κ1) is 21.6. The zero-order valence-electron chi connectivity index (χ0n) is 20.4. The van der Waals surface area contributed by atoms with Crippen molar-refractivity contribution < 1.29 is 14.7 Å². The Morgan fingerprint density at radius 3 is 2.81 bits per heavy atom. The lowest BCUT2D eigenvalue weighted by molar-refractivity contribution is -0.178. The number of carbonyl (C=O) groups is 1. The maximum absolute atomic E-state index is 12.1. The first-order chi connectivity index (χ1) is 15.2. The van der Waals surface area contributed by atoms with Crippen LogP contribution in [0.5, 0.6) is 0 Å². The standard InChI is InChI=1S/C28H41NO3/c1-16-11-25-26(29(31)15-16)18(3)28(32-25)10-8-21-22-6-5-19-12-20(30)7-9-27(19,4)24(22)13-23(21)17(2)14-28/h12,16,18,21-22,24-26,31H,5-11,13-15H2,1-4H3/t16-,18+,21-,22-,24-,25+,26-,27-,28?/m0/s1. The van der Waals surface area contributed by atoms with Gasteiger partial charge in [-0.2, -0.15) is 5.06 Å². The van der Waals surface area contributed by atoms with Crippen LogP contribution >= 0.6 is 0 Å². The minimum absolute atomic E-state index is 0.113. The van der Waals surface area contributed by atoms with Crippen molar-refractivity contribution >= 4 is 5.78 Å². The van der Waals surface area contributed by atoms with E-state index in [1.54, 1.807) is 16.2 Å². The predicted molar refractivity (Wildman–Crippen MR) is 124 cm³/mol. The second kappa shape index (κ2) is 7.26. The Bertz CT molecular complexity index is 891. The summed E-state index contributed by atoms with van der Waals surface area (Å²) < 4.78 is 6.93. The number of nitrogens with zero attached hydrogens (tertiary/aromatic N) is 1. The van der Waals surface area contributed by atoms with E-state index < -0.39 is 0 Å². The molecule has 6 rings (SSSR count). The van der Waals surface area contributed by atoms with E-state index >= 15 is 0 Å². The Morgan fingerprint density at radius 1 is 1.19 bits per heavy atom. The second-order valence-electron chi connectivity index (χ2n) is 12.7. The minimum atomic E-state index is -0.113. The van der Waals surface area contributed by atoms with Gasteiger partial charge in [0.25, 0.3) is 0 Å². The molecule has 0 aromatic heterocycles. The van der Waals surface area contributed by atoms with Gasteiger partial charge in [-0.1, -0.05) is 37.5 Å². The average Bonchev–Trinajstić information content (AvgIpc) is 3.19. The lowest BCUT2D eigenvalue weighted by atomic mass is 9.56. The highest BCUT2D eigenvalue weighted by atomic mass is 16.5. The van der Waals surface area contributed by atoms with Crippen molar-refractivity contribution in [3.63, 3.8) is 0 Å². The molecule has 2 saturated heterocycles. The molecule has 6 aliphatic rings. The number of ketones is 1. The van der Waals surface area contributed by atoms with Crippen LogP contribution in [0.4, 0.5) is 0 Å². The van der Waals surface area contributed by atoms with E-state index in [0.29, 0.717) is 29.5 Å². The fourth-order valence-electron chi connectivity index (χ4n) is 9.34. The topological polar surface area (TPSA) is 49.8 Å². The molecular formula is C28H41NO3. The molecule has 176 valence electrons. The summed E-state index contributed by atoms with van der Waals surface area (Å²) in [6, 6.07) is 0.149. The summed E-state index contributed by atoms with van der Waals surface area (Å²) in [5.41, 5.74) is 4.88. The molecule has 4 fully saturated rings. The van der Waals surface area contributed by atoms with E-state index in [2.05, 4.69) is 27.7 Å². The van der Waals surface area contributed by atoms with Crippen LogP contribution in [0.3, 0.4) is 0 Å². The van der Waals surface area contributed by atoms with E-state index in [1.165, 1.54) is 24.8 Å². The molecule has 0 aromatic rings. The van der Waals surface area contributed by atoms with Crippen molar-refractivity contribution in [3.8, 4) is 0 Å². The molecule has 0 amide bonds. The van der Waals surface area contributed by atoms with Crippen LogP contribution in [0, 0.1) is 35.0 Å². The molecule has 4 nitrogen and oxygen atoms in total. The lowest BCUT2D eigenvalue weighted by Gasteiger charge is -2.48.